The molecule has 0 amide bonds. The molecule has 0 unspecified atom stereocenters. The van der Waals surface area contributed by atoms with Gasteiger partial charge in [-0.05, 0) is 16.9 Å². The molecule has 46 valence electrons. The Morgan fingerprint density at radius 1 is 1.29 bits per heavy atom. The smallest absolute Gasteiger partial charge is 0.0149 e. The second-order valence-electron chi connectivity index (χ2n) is 2.18. The van der Waals surface area contributed by atoms with Crippen molar-refractivity contribution in [2.24, 2.45) is 5.92 Å². The standard InChI is InChI=1S/C6H14.H4Si/c1-4-5-6(2)3;/h6H,4-5H2,1-3H3;1H4. The van der Waals surface area contributed by atoms with E-state index in [9.17, 15) is 0 Å². The zero-order valence-electron chi connectivity index (χ0n) is 4.99. The molecule has 0 bridgehead atoms. The summed E-state index contributed by atoms with van der Waals surface area (Å²) in [6.07, 6.45) is 2.71. The van der Waals surface area contributed by atoms with E-state index in [1.807, 2.05) is 0 Å². The summed E-state index contributed by atoms with van der Waals surface area (Å²) in [5.74, 6) is 0.898. The third-order valence-corrected chi connectivity index (χ3v) is 0.866. The Labute approximate surface area is 51.3 Å². The molecule has 0 nitrogen and oxygen atoms in total. The topological polar surface area (TPSA) is 0 Å². The predicted octanol–water partition coefficient (Wildman–Crippen LogP) is 0.991. The SMILES string of the molecule is CCCC(C)C.[SiH4]. The first-order valence-electron chi connectivity index (χ1n) is 2.77. The minimum Gasteiger partial charge on any atom is -0.0654 e. The lowest BCUT2D eigenvalue weighted by Gasteiger charge is -1.95. The monoisotopic (exact) mass is 118 g/mol. The van der Waals surface area contributed by atoms with Gasteiger partial charge in [-0.15, -0.1) is 0 Å². The van der Waals surface area contributed by atoms with Gasteiger partial charge in [-0.2, -0.15) is 0 Å². The Balaban J connectivity index is 0. The first-order chi connectivity index (χ1) is 2.77. The molecule has 0 saturated heterocycles. The molecule has 0 heterocycles. The molecule has 0 aromatic heterocycles. The Morgan fingerprint density at radius 3 is 1.71 bits per heavy atom. The van der Waals surface area contributed by atoms with Gasteiger partial charge in [0.2, 0.25) is 0 Å². The summed E-state index contributed by atoms with van der Waals surface area (Å²) in [6, 6.07) is 0. The number of hydrogen-bond acceptors (Lipinski definition) is 0. The average Bonchev–Trinajstić information content (AvgIpc) is 1.35. The van der Waals surface area contributed by atoms with Gasteiger partial charge in [0.1, 0.15) is 0 Å². The van der Waals surface area contributed by atoms with E-state index in [4.69, 9.17) is 0 Å². The highest BCUT2D eigenvalue weighted by molar-refractivity contribution is 5.75. The van der Waals surface area contributed by atoms with E-state index in [1.165, 1.54) is 12.8 Å². The Bertz CT molecular complexity index is 25.4. The summed E-state index contributed by atoms with van der Waals surface area (Å²) in [4.78, 5) is 0. The van der Waals surface area contributed by atoms with Crippen molar-refractivity contribution in [3.05, 3.63) is 0 Å². The second kappa shape index (κ2) is 6.22. The maximum Gasteiger partial charge on any atom is -0.0149 e. The van der Waals surface area contributed by atoms with Crippen molar-refractivity contribution >= 4 is 11.0 Å². The van der Waals surface area contributed by atoms with Crippen molar-refractivity contribution in [3.63, 3.8) is 0 Å². The molecule has 0 aliphatic rings. The summed E-state index contributed by atoms with van der Waals surface area (Å²) in [5, 5.41) is 0. The molecule has 1 heteroatoms. The third-order valence-electron chi connectivity index (χ3n) is 0.866. The molecular formula is C6H18Si. The molecule has 0 rings (SSSR count). The van der Waals surface area contributed by atoms with Crippen LogP contribution in [-0.2, 0) is 0 Å². The predicted molar refractivity (Wildman–Crippen MR) is 41.1 cm³/mol. The zero-order chi connectivity index (χ0) is 4.99. The first-order valence-corrected chi connectivity index (χ1v) is 2.77. The molecule has 0 atom stereocenters. The fourth-order valence-corrected chi connectivity index (χ4v) is 0.577. The van der Waals surface area contributed by atoms with Crippen LogP contribution in [0.3, 0.4) is 0 Å². The highest BCUT2D eigenvalue weighted by Crippen LogP contribution is 2.00. The Hall–Kier alpha value is 0.217. The average molecular weight is 118 g/mol. The van der Waals surface area contributed by atoms with E-state index in [0.29, 0.717) is 0 Å². The van der Waals surface area contributed by atoms with Crippen LogP contribution in [0.4, 0.5) is 0 Å². The van der Waals surface area contributed by atoms with Crippen molar-refractivity contribution in [2.45, 2.75) is 33.6 Å². The van der Waals surface area contributed by atoms with E-state index in [1.54, 1.807) is 0 Å². The summed E-state index contributed by atoms with van der Waals surface area (Å²) >= 11 is 0. The van der Waals surface area contributed by atoms with Crippen molar-refractivity contribution in [2.75, 3.05) is 0 Å². The fourth-order valence-electron chi connectivity index (χ4n) is 0.577. The van der Waals surface area contributed by atoms with Crippen LogP contribution in [-0.4, -0.2) is 11.0 Å². The van der Waals surface area contributed by atoms with E-state index in [2.05, 4.69) is 20.8 Å². The van der Waals surface area contributed by atoms with Gasteiger partial charge in [-0.25, -0.2) is 0 Å². The van der Waals surface area contributed by atoms with Gasteiger partial charge in [0.05, 0.1) is 0 Å². The van der Waals surface area contributed by atoms with E-state index in [0.717, 1.165) is 5.92 Å². The quantitative estimate of drug-likeness (QED) is 0.474. The van der Waals surface area contributed by atoms with Crippen LogP contribution in [0.25, 0.3) is 0 Å². The van der Waals surface area contributed by atoms with Crippen LogP contribution in [0.1, 0.15) is 33.6 Å². The van der Waals surface area contributed by atoms with E-state index < -0.39 is 0 Å². The zero-order valence-corrected chi connectivity index (χ0v) is 4.99. The van der Waals surface area contributed by atoms with E-state index >= 15 is 0 Å². The molecule has 7 heavy (non-hydrogen) atoms. The molecule has 0 aromatic carbocycles. The molecule has 0 radical (unpaired) electrons. The lowest BCUT2D eigenvalue weighted by Crippen LogP contribution is -1.81. The first kappa shape index (κ1) is 10.2. The van der Waals surface area contributed by atoms with Gasteiger partial charge >= 0.3 is 0 Å². The van der Waals surface area contributed by atoms with Crippen LogP contribution < -0.4 is 0 Å². The fraction of sp³-hybridized carbons (Fsp3) is 1.00. The summed E-state index contributed by atoms with van der Waals surface area (Å²) in [7, 11) is 0. The summed E-state index contributed by atoms with van der Waals surface area (Å²) in [6.45, 7) is 6.73. The van der Waals surface area contributed by atoms with Crippen LogP contribution in [0, 0.1) is 5.92 Å². The minimum absolute atomic E-state index is 0. The molecule has 0 spiro atoms. The highest BCUT2D eigenvalue weighted by Gasteiger charge is 1.85. The van der Waals surface area contributed by atoms with Crippen LogP contribution in [0.2, 0.25) is 0 Å². The van der Waals surface area contributed by atoms with Crippen molar-refractivity contribution < 1.29 is 0 Å². The molecule has 0 saturated carbocycles. The number of rotatable bonds is 2. The highest BCUT2D eigenvalue weighted by atomic mass is 28.1. The lowest BCUT2D eigenvalue weighted by molar-refractivity contribution is 0.576. The summed E-state index contributed by atoms with van der Waals surface area (Å²) < 4.78 is 0. The molecule has 0 N–H and O–H groups in total. The normalized spacial score (nSPS) is 8.57. The third kappa shape index (κ3) is 10.7. The molecule has 0 fully saturated rings. The van der Waals surface area contributed by atoms with Gasteiger partial charge in [0.15, 0.2) is 0 Å². The summed E-state index contributed by atoms with van der Waals surface area (Å²) in [5.41, 5.74) is 0. The molecule has 0 aliphatic carbocycles. The maximum atomic E-state index is 2.25. The Kier molecular flexibility index (Phi) is 9.10. The Morgan fingerprint density at radius 2 is 1.71 bits per heavy atom. The molecule has 0 aliphatic heterocycles. The van der Waals surface area contributed by atoms with Crippen LogP contribution in [0.5, 0.6) is 0 Å². The van der Waals surface area contributed by atoms with E-state index in [-0.39, 0.29) is 11.0 Å². The van der Waals surface area contributed by atoms with Gasteiger partial charge < -0.3 is 0 Å². The van der Waals surface area contributed by atoms with Crippen molar-refractivity contribution in [1.29, 1.82) is 0 Å². The lowest BCUT2D eigenvalue weighted by atomic mass is 10.1. The molecule has 0 aromatic rings. The van der Waals surface area contributed by atoms with Gasteiger partial charge in [-0.1, -0.05) is 33.6 Å². The van der Waals surface area contributed by atoms with Crippen LogP contribution >= 0.6 is 0 Å². The van der Waals surface area contributed by atoms with Gasteiger partial charge in [-0.3, -0.25) is 0 Å². The van der Waals surface area contributed by atoms with Crippen molar-refractivity contribution in [3.8, 4) is 0 Å². The minimum atomic E-state index is 0. The largest absolute Gasteiger partial charge is 0.0654 e. The van der Waals surface area contributed by atoms with Gasteiger partial charge in [0, 0.05) is 0 Å². The maximum absolute atomic E-state index is 2.25. The molecular weight excluding hydrogens is 100 g/mol. The second-order valence-corrected chi connectivity index (χ2v) is 2.18. The number of hydrogen-bond donors (Lipinski definition) is 0. The van der Waals surface area contributed by atoms with Crippen LogP contribution in [0.15, 0.2) is 0 Å². The van der Waals surface area contributed by atoms with Crippen molar-refractivity contribution in [1.82, 2.24) is 0 Å². The van der Waals surface area contributed by atoms with Gasteiger partial charge in [0.25, 0.3) is 0 Å².